The number of aryl methyl sites for hydroxylation is 1. The van der Waals surface area contributed by atoms with Gasteiger partial charge in [-0.1, -0.05) is 41.5 Å². The second-order valence-electron chi connectivity index (χ2n) is 8.74. The lowest BCUT2D eigenvalue weighted by atomic mass is 10.1. The van der Waals surface area contributed by atoms with Gasteiger partial charge in [0.25, 0.3) is 0 Å². The van der Waals surface area contributed by atoms with Crippen LogP contribution in [0.15, 0.2) is 23.0 Å². The highest BCUT2D eigenvalue weighted by Crippen LogP contribution is 2.42. The monoisotopic (exact) mass is 442 g/mol. The summed E-state index contributed by atoms with van der Waals surface area (Å²) in [6.07, 6.45) is -4.12. The van der Waals surface area contributed by atoms with E-state index < -0.39 is 20.1 Å². The van der Waals surface area contributed by atoms with Gasteiger partial charge in [0, 0.05) is 25.0 Å². The summed E-state index contributed by atoms with van der Waals surface area (Å²) in [5.74, 6) is 0. The van der Waals surface area contributed by atoms with Crippen molar-refractivity contribution in [3.63, 3.8) is 0 Å². The molecule has 0 N–H and O–H groups in total. The zero-order chi connectivity index (χ0) is 22.9. The van der Waals surface area contributed by atoms with Crippen molar-refractivity contribution in [1.82, 2.24) is 9.78 Å². The van der Waals surface area contributed by atoms with Crippen molar-refractivity contribution in [2.45, 2.75) is 84.2 Å². The summed E-state index contributed by atoms with van der Waals surface area (Å²) in [5.41, 5.74) is 0.718. The van der Waals surface area contributed by atoms with Crippen LogP contribution in [0.5, 0.6) is 0 Å². The van der Waals surface area contributed by atoms with Gasteiger partial charge in [-0.2, -0.15) is 18.3 Å². The minimum atomic E-state index is -4.46. The Balaban J connectivity index is 2.39. The van der Waals surface area contributed by atoms with Crippen LogP contribution in [0.1, 0.15) is 59.7 Å². The number of nitrogens with zero attached hydrogens (tertiary/aromatic N) is 2. The van der Waals surface area contributed by atoms with Crippen LogP contribution < -0.4 is 5.43 Å². The van der Waals surface area contributed by atoms with Crippen molar-refractivity contribution >= 4 is 19.2 Å². The molecule has 0 bridgehead atoms. The fourth-order valence-corrected chi connectivity index (χ4v) is 10.2. The molecule has 0 amide bonds. The first-order chi connectivity index (χ1) is 13.9. The van der Waals surface area contributed by atoms with Crippen molar-refractivity contribution < 1.29 is 17.6 Å². The number of hydrogen-bond donors (Lipinski definition) is 0. The molecule has 1 aromatic heterocycles. The molecule has 2 aromatic rings. The Labute approximate surface area is 177 Å². The maximum absolute atomic E-state index is 13.1. The molecule has 0 spiro atoms. The normalized spacial score (nSPS) is 13.2. The van der Waals surface area contributed by atoms with E-state index in [0.717, 1.165) is 12.1 Å². The number of halogens is 3. The first-order valence-electron chi connectivity index (χ1n) is 10.6. The van der Waals surface area contributed by atoms with Crippen molar-refractivity contribution in [3.05, 3.63) is 39.7 Å². The molecule has 4 nitrogen and oxygen atoms in total. The number of alkyl halides is 3. The highest BCUT2D eigenvalue weighted by atomic mass is 28.4. The van der Waals surface area contributed by atoms with Gasteiger partial charge in [0.05, 0.1) is 11.1 Å². The third-order valence-electron chi connectivity index (χ3n) is 6.05. The maximum atomic E-state index is 13.1. The number of benzene rings is 1. The Hall–Kier alpha value is -1.67. The summed E-state index contributed by atoms with van der Waals surface area (Å²) >= 11 is 0. The van der Waals surface area contributed by atoms with Crippen LogP contribution in [-0.2, 0) is 23.6 Å². The Morgan fingerprint density at radius 1 is 1.07 bits per heavy atom. The minimum Gasteiger partial charge on any atom is -0.416 e. The Bertz CT molecular complexity index is 915. The number of rotatable bonds is 8. The Kier molecular flexibility index (Phi) is 7.56. The van der Waals surface area contributed by atoms with E-state index in [9.17, 15) is 18.0 Å². The lowest BCUT2D eigenvalue weighted by Gasteiger charge is -2.42. The number of fused-ring (bicyclic) bond motifs is 1. The molecule has 0 saturated heterocycles. The van der Waals surface area contributed by atoms with Gasteiger partial charge >= 0.3 is 6.18 Å². The van der Waals surface area contributed by atoms with Crippen molar-refractivity contribution in [1.29, 1.82) is 0 Å². The molecule has 2 rings (SSSR count). The van der Waals surface area contributed by atoms with Crippen molar-refractivity contribution in [2.24, 2.45) is 0 Å². The van der Waals surface area contributed by atoms with Gasteiger partial charge in [0.2, 0.25) is 5.43 Å². The van der Waals surface area contributed by atoms with E-state index in [2.05, 4.69) is 46.6 Å². The predicted molar refractivity (Wildman–Crippen MR) is 117 cm³/mol. The Morgan fingerprint density at radius 3 is 2.10 bits per heavy atom. The van der Waals surface area contributed by atoms with Crippen LogP contribution in [-0.4, -0.2) is 24.7 Å². The lowest BCUT2D eigenvalue weighted by Crippen LogP contribution is -2.48. The van der Waals surface area contributed by atoms with Crippen LogP contribution in [0.4, 0.5) is 13.2 Å². The summed E-state index contributed by atoms with van der Waals surface area (Å²) in [7, 11) is -2.06. The lowest BCUT2D eigenvalue weighted by molar-refractivity contribution is -0.137. The molecule has 0 unspecified atom stereocenters. The van der Waals surface area contributed by atoms with E-state index >= 15 is 0 Å². The zero-order valence-electron chi connectivity index (χ0n) is 18.9. The molecular weight excluding hydrogens is 409 g/mol. The first-order valence-corrected chi connectivity index (χ1v) is 12.7. The highest BCUT2D eigenvalue weighted by Gasteiger charge is 2.44. The van der Waals surface area contributed by atoms with Gasteiger partial charge < -0.3 is 4.43 Å². The Morgan fingerprint density at radius 2 is 1.63 bits per heavy atom. The second kappa shape index (κ2) is 9.22. The van der Waals surface area contributed by atoms with Crippen LogP contribution in [0.2, 0.25) is 16.6 Å². The van der Waals surface area contributed by atoms with Gasteiger partial charge in [-0.05, 0) is 41.7 Å². The maximum Gasteiger partial charge on any atom is 0.416 e. The van der Waals surface area contributed by atoms with E-state index in [-0.39, 0.29) is 16.3 Å². The summed E-state index contributed by atoms with van der Waals surface area (Å²) in [5, 5.41) is 4.63. The van der Waals surface area contributed by atoms with E-state index in [1.807, 2.05) is 0 Å². The molecule has 0 aliphatic heterocycles. The molecule has 0 saturated carbocycles. The van der Waals surface area contributed by atoms with Gasteiger partial charge in [0.1, 0.15) is 5.69 Å². The average molecular weight is 443 g/mol. The molecule has 8 heteroatoms. The quantitative estimate of drug-likeness (QED) is 0.459. The van der Waals surface area contributed by atoms with E-state index in [1.165, 1.54) is 10.7 Å². The molecule has 168 valence electrons. The van der Waals surface area contributed by atoms with Crippen LogP contribution in [0.25, 0.3) is 10.9 Å². The van der Waals surface area contributed by atoms with Gasteiger partial charge in [0.15, 0.2) is 8.32 Å². The largest absolute Gasteiger partial charge is 0.416 e. The smallest absolute Gasteiger partial charge is 0.416 e. The summed E-state index contributed by atoms with van der Waals surface area (Å²) < 4.78 is 47.2. The third kappa shape index (κ3) is 4.64. The molecule has 0 aliphatic rings. The van der Waals surface area contributed by atoms with Crippen molar-refractivity contribution in [2.75, 3.05) is 6.61 Å². The van der Waals surface area contributed by atoms with Crippen LogP contribution in [0, 0.1) is 0 Å². The second-order valence-corrected chi connectivity index (χ2v) is 14.2. The highest BCUT2D eigenvalue weighted by molar-refractivity contribution is 6.77. The van der Waals surface area contributed by atoms with Gasteiger partial charge in [-0.15, -0.1) is 0 Å². The fourth-order valence-electron chi connectivity index (χ4n) is 4.74. The van der Waals surface area contributed by atoms with Gasteiger partial charge in [-0.25, -0.2) is 0 Å². The molecule has 0 aliphatic carbocycles. The average Bonchev–Trinajstić information content (AvgIpc) is 2.64. The summed E-state index contributed by atoms with van der Waals surface area (Å²) in [6.45, 7) is 15.7. The van der Waals surface area contributed by atoms with E-state index in [0.29, 0.717) is 41.9 Å². The molecule has 0 atom stereocenters. The number of aromatic nitrogens is 2. The van der Waals surface area contributed by atoms with Gasteiger partial charge in [-0.3, -0.25) is 9.48 Å². The van der Waals surface area contributed by atoms with Crippen LogP contribution >= 0.6 is 0 Å². The zero-order valence-corrected chi connectivity index (χ0v) is 19.9. The minimum absolute atomic E-state index is 0.206. The van der Waals surface area contributed by atoms with Crippen LogP contribution in [0.3, 0.4) is 0 Å². The molecule has 30 heavy (non-hydrogen) atoms. The molecular formula is C22H33F3N2O2Si. The first kappa shape index (κ1) is 24.6. The molecule has 1 aromatic carbocycles. The molecule has 1 heterocycles. The number of hydrogen-bond acceptors (Lipinski definition) is 3. The fraction of sp³-hybridized carbons (Fsp3) is 0.636. The SMILES string of the molecule is CCn1nc(CCO[Si](C(C)C)(C(C)C)C(C)C)c(=O)c2ccc(C(F)(F)F)cc21. The topological polar surface area (TPSA) is 44.1 Å². The summed E-state index contributed by atoms with van der Waals surface area (Å²) in [4.78, 5) is 12.9. The molecule has 0 radical (unpaired) electrons. The standard InChI is InChI=1S/C22H33F3N2O2Si/c1-8-27-20-13-17(22(23,24)25)9-10-18(20)21(28)19(26-27)11-12-29-30(14(2)3,15(4)5)16(6)7/h9-10,13-16H,8,11-12H2,1-7H3. The van der Waals surface area contributed by atoms with E-state index in [4.69, 9.17) is 4.43 Å². The third-order valence-corrected chi connectivity index (χ3v) is 12.2. The summed E-state index contributed by atoms with van der Waals surface area (Å²) in [6, 6.07) is 3.22. The van der Waals surface area contributed by atoms with Crippen molar-refractivity contribution in [3.8, 4) is 0 Å². The predicted octanol–water partition coefficient (Wildman–Crippen LogP) is 6.17. The molecule has 0 fully saturated rings. The van der Waals surface area contributed by atoms with E-state index in [1.54, 1.807) is 6.92 Å².